The quantitative estimate of drug-likeness (QED) is 0.383. The molecular formula is C25H19ClF3N3O2. The minimum Gasteiger partial charge on any atom is -0.339 e. The molecule has 0 fully saturated rings. The van der Waals surface area contributed by atoms with Crippen molar-refractivity contribution >= 4 is 34.9 Å². The van der Waals surface area contributed by atoms with Gasteiger partial charge in [0.1, 0.15) is 0 Å². The second-order valence-electron chi connectivity index (χ2n) is 7.20. The Morgan fingerprint density at radius 2 is 1.53 bits per heavy atom. The minimum absolute atomic E-state index is 0.0625. The second-order valence-corrected chi connectivity index (χ2v) is 7.61. The van der Waals surface area contributed by atoms with Crippen molar-refractivity contribution in [2.75, 3.05) is 10.6 Å². The van der Waals surface area contributed by atoms with Gasteiger partial charge in [-0.15, -0.1) is 0 Å². The van der Waals surface area contributed by atoms with Gasteiger partial charge in [-0.2, -0.15) is 13.2 Å². The Labute approximate surface area is 199 Å². The first-order valence-electron chi connectivity index (χ1n) is 10.0. The standard InChI is InChI=1S/C25H19ClF3N3O2/c1-16(18-5-3-2-4-6-18)30-23(33)14-9-17-7-10-19(11-8-17)31-24(34)32-20-12-13-22(26)21(15-20)25(27,28)29/h2-8,10-13,15-16H,1H3,(H,30,33)(H2,31,32,34). The van der Waals surface area contributed by atoms with Gasteiger partial charge in [0.2, 0.25) is 0 Å². The molecule has 3 N–H and O–H groups in total. The van der Waals surface area contributed by atoms with Crippen molar-refractivity contribution in [1.29, 1.82) is 0 Å². The van der Waals surface area contributed by atoms with Gasteiger partial charge < -0.3 is 16.0 Å². The third-order valence-corrected chi connectivity index (χ3v) is 4.97. The number of alkyl halides is 3. The predicted molar refractivity (Wildman–Crippen MR) is 125 cm³/mol. The molecule has 1 atom stereocenters. The molecule has 0 saturated heterocycles. The Morgan fingerprint density at radius 3 is 2.18 bits per heavy atom. The lowest BCUT2D eigenvalue weighted by Gasteiger charge is -2.12. The second kappa shape index (κ2) is 10.8. The van der Waals surface area contributed by atoms with E-state index in [9.17, 15) is 22.8 Å². The summed E-state index contributed by atoms with van der Waals surface area (Å²) in [7, 11) is 0. The number of carbonyl (C=O) groups excluding carboxylic acids is 2. The zero-order valence-corrected chi connectivity index (χ0v) is 18.6. The fourth-order valence-electron chi connectivity index (χ4n) is 2.94. The Bertz CT molecular complexity index is 1230. The number of rotatable bonds is 4. The summed E-state index contributed by atoms with van der Waals surface area (Å²) in [5.41, 5.74) is 0.778. The molecule has 0 radical (unpaired) electrons. The smallest absolute Gasteiger partial charge is 0.339 e. The molecule has 3 aromatic carbocycles. The summed E-state index contributed by atoms with van der Waals surface area (Å²) < 4.78 is 38.9. The van der Waals surface area contributed by atoms with Crippen LogP contribution in [0.1, 0.15) is 29.7 Å². The van der Waals surface area contributed by atoms with E-state index in [1.54, 1.807) is 24.3 Å². The summed E-state index contributed by atoms with van der Waals surface area (Å²) in [5.74, 6) is 4.82. The first-order chi connectivity index (χ1) is 16.1. The van der Waals surface area contributed by atoms with Gasteiger partial charge in [-0.25, -0.2) is 4.79 Å². The highest BCUT2D eigenvalue weighted by atomic mass is 35.5. The zero-order valence-electron chi connectivity index (χ0n) is 17.8. The molecule has 0 bridgehead atoms. The van der Waals surface area contributed by atoms with E-state index in [2.05, 4.69) is 27.8 Å². The van der Waals surface area contributed by atoms with Crippen molar-refractivity contribution < 1.29 is 22.8 Å². The number of anilines is 2. The highest BCUT2D eigenvalue weighted by Gasteiger charge is 2.33. The fourth-order valence-corrected chi connectivity index (χ4v) is 3.16. The maximum absolute atomic E-state index is 13.0. The van der Waals surface area contributed by atoms with E-state index in [1.165, 1.54) is 6.07 Å². The van der Waals surface area contributed by atoms with Crippen LogP contribution in [-0.2, 0) is 11.0 Å². The maximum Gasteiger partial charge on any atom is 0.417 e. The van der Waals surface area contributed by atoms with Gasteiger partial charge in [0.05, 0.1) is 16.6 Å². The average Bonchev–Trinajstić information content (AvgIpc) is 2.79. The fraction of sp³-hybridized carbons (Fsp3) is 0.120. The molecule has 34 heavy (non-hydrogen) atoms. The first-order valence-corrected chi connectivity index (χ1v) is 10.4. The zero-order chi connectivity index (χ0) is 24.7. The van der Waals surface area contributed by atoms with E-state index >= 15 is 0 Å². The van der Waals surface area contributed by atoms with Crippen LogP contribution in [-0.4, -0.2) is 11.9 Å². The van der Waals surface area contributed by atoms with E-state index in [0.717, 1.165) is 17.7 Å². The number of urea groups is 1. The highest BCUT2D eigenvalue weighted by molar-refractivity contribution is 6.31. The number of benzene rings is 3. The average molecular weight is 486 g/mol. The summed E-state index contributed by atoms with van der Waals surface area (Å²) in [6.07, 6.45) is -4.64. The Morgan fingerprint density at radius 1 is 0.912 bits per heavy atom. The molecule has 0 heterocycles. The van der Waals surface area contributed by atoms with Crippen LogP contribution in [0.4, 0.5) is 29.3 Å². The molecule has 9 heteroatoms. The topological polar surface area (TPSA) is 70.2 Å². The SMILES string of the molecule is CC(NC(=O)C#Cc1ccc(NC(=O)Nc2ccc(Cl)c(C(F)(F)F)c2)cc1)c1ccccc1. The molecule has 0 aliphatic rings. The van der Waals surface area contributed by atoms with Gasteiger partial charge in [0.15, 0.2) is 0 Å². The number of hydrogen-bond acceptors (Lipinski definition) is 2. The summed E-state index contributed by atoms with van der Waals surface area (Å²) in [4.78, 5) is 24.2. The summed E-state index contributed by atoms with van der Waals surface area (Å²) in [6.45, 7) is 1.86. The predicted octanol–water partition coefficient (Wildman–Crippen LogP) is 6.23. The molecule has 3 amide bonds. The molecule has 0 aliphatic carbocycles. The molecule has 0 aliphatic heterocycles. The normalized spacial score (nSPS) is 11.6. The molecule has 0 aromatic heterocycles. The van der Waals surface area contributed by atoms with Crippen LogP contribution >= 0.6 is 11.6 Å². The van der Waals surface area contributed by atoms with Crippen LogP contribution in [0, 0.1) is 11.8 Å². The van der Waals surface area contributed by atoms with Crippen LogP contribution in [0.3, 0.4) is 0 Å². The van der Waals surface area contributed by atoms with E-state index in [0.29, 0.717) is 11.3 Å². The van der Waals surface area contributed by atoms with Crippen molar-refractivity contribution in [3.63, 3.8) is 0 Å². The van der Waals surface area contributed by atoms with E-state index in [-0.39, 0.29) is 11.7 Å². The first kappa shape index (κ1) is 24.7. The van der Waals surface area contributed by atoms with Gasteiger partial charge in [-0.3, -0.25) is 4.79 Å². The molecule has 1 unspecified atom stereocenters. The number of nitrogens with one attached hydrogen (secondary N) is 3. The van der Waals surface area contributed by atoms with Crippen LogP contribution in [0.2, 0.25) is 5.02 Å². The monoisotopic (exact) mass is 485 g/mol. The molecular weight excluding hydrogens is 467 g/mol. The molecule has 0 spiro atoms. The lowest BCUT2D eigenvalue weighted by Crippen LogP contribution is -2.25. The van der Waals surface area contributed by atoms with E-state index in [4.69, 9.17) is 11.6 Å². The molecule has 3 rings (SSSR count). The number of halogens is 4. The third kappa shape index (κ3) is 7.02. The molecule has 174 valence electrons. The number of hydrogen-bond donors (Lipinski definition) is 3. The van der Waals surface area contributed by atoms with Gasteiger partial charge in [-0.1, -0.05) is 47.9 Å². The lowest BCUT2D eigenvalue weighted by molar-refractivity contribution is -0.137. The molecule has 5 nitrogen and oxygen atoms in total. The van der Waals surface area contributed by atoms with Crippen LogP contribution < -0.4 is 16.0 Å². The van der Waals surface area contributed by atoms with Crippen molar-refractivity contribution in [3.8, 4) is 11.8 Å². The summed E-state index contributed by atoms with van der Waals surface area (Å²) >= 11 is 5.58. The van der Waals surface area contributed by atoms with Crippen LogP contribution in [0.5, 0.6) is 0 Å². The maximum atomic E-state index is 13.0. The third-order valence-electron chi connectivity index (χ3n) is 4.64. The van der Waals surface area contributed by atoms with Crippen LogP contribution in [0.25, 0.3) is 0 Å². The molecule has 0 saturated carbocycles. The van der Waals surface area contributed by atoms with Gasteiger partial charge in [0, 0.05) is 22.9 Å². The van der Waals surface area contributed by atoms with Crippen molar-refractivity contribution in [2.24, 2.45) is 0 Å². The number of carbonyl (C=O) groups is 2. The summed E-state index contributed by atoms with van der Waals surface area (Å²) in [6, 6.07) is 17.9. The molecule has 3 aromatic rings. The lowest BCUT2D eigenvalue weighted by atomic mass is 10.1. The van der Waals surface area contributed by atoms with E-state index < -0.39 is 28.7 Å². The van der Waals surface area contributed by atoms with Crippen molar-refractivity contribution in [3.05, 3.63) is 94.5 Å². The summed E-state index contributed by atoms with van der Waals surface area (Å²) in [5, 5.41) is 7.16. The van der Waals surface area contributed by atoms with Crippen molar-refractivity contribution in [1.82, 2.24) is 5.32 Å². The minimum atomic E-state index is -4.64. The van der Waals surface area contributed by atoms with E-state index in [1.807, 2.05) is 37.3 Å². The van der Waals surface area contributed by atoms with Gasteiger partial charge >= 0.3 is 12.2 Å². The number of amides is 3. The van der Waals surface area contributed by atoms with Crippen LogP contribution in [0.15, 0.2) is 72.8 Å². The largest absolute Gasteiger partial charge is 0.417 e. The van der Waals surface area contributed by atoms with Crippen molar-refractivity contribution in [2.45, 2.75) is 19.1 Å². The Hall–Kier alpha value is -3.96. The Balaban J connectivity index is 1.56. The van der Waals surface area contributed by atoms with Gasteiger partial charge in [0.25, 0.3) is 5.91 Å². The highest BCUT2D eigenvalue weighted by Crippen LogP contribution is 2.36. The Kier molecular flexibility index (Phi) is 7.82. The van der Waals surface area contributed by atoms with Gasteiger partial charge in [-0.05, 0) is 55.0 Å².